The number of amides is 1. The first-order valence-electron chi connectivity index (χ1n) is 5.28. The molecule has 0 bridgehead atoms. The highest BCUT2D eigenvalue weighted by Gasteiger charge is 2.26. The Labute approximate surface area is 90.5 Å². The maximum atomic E-state index is 11.5. The predicted molar refractivity (Wildman–Crippen MR) is 56.4 cm³/mol. The van der Waals surface area contributed by atoms with Crippen molar-refractivity contribution >= 4 is 5.91 Å². The summed E-state index contributed by atoms with van der Waals surface area (Å²) in [6.45, 7) is 2.73. The summed E-state index contributed by atoms with van der Waals surface area (Å²) in [6, 6.07) is -0.129. The number of rotatable bonds is 5. The van der Waals surface area contributed by atoms with Crippen molar-refractivity contribution in [1.29, 1.82) is 0 Å². The maximum absolute atomic E-state index is 11.5. The van der Waals surface area contributed by atoms with Crippen LogP contribution in [0.25, 0.3) is 0 Å². The Morgan fingerprint density at radius 1 is 1.47 bits per heavy atom. The van der Waals surface area contributed by atoms with Crippen LogP contribution in [0.3, 0.4) is 0 Å². The van der Waals surface area contributed by atoms with Crippen LogP contribution in [0.4, 0.5) is 0 Å². The van der Waals surface area contributed by atoms with Gasteiger partial charge in [0.1, 0.15) is 0 Å². The average Bonchev–Trinajstić information content (AvgIpc) is 2.23. The zero-order valence-corrected chi connectivity index (χ0v) is 9.58. The molecule has 0 radical (unpaired) electrons. The molecule has 2 N–H and O–H groups in total. The van der Waals surface area contributed by atoms with Crippen LogP contribution in [0.2, 0.25) is 0 Å². The summed E-state index contributed by atoms with van der Waals surface area (Å²) in [5, 5.41) is 6.04. The Balaban J connectivity index is 2.41. The van der Waals surface area contributed by atoms with Gasteiger partial charge in [0.2, 0.25) is 5.91 Å². The molecule has 0 saturated carbocycles. The van der Waals surface area contributed by atoms with E-state index in [-0.39, 0.29) is 24.3 Å². The van der Waals surface area contributed by atoms with Gasteiger partial charge < -0.3 is 14.8 Å². The number of methoxy groups -OCH3 is 2. The molecule has 5 nitrogen and oxygen atoms in total. The van der Waals surface area contributed by atoms with Crippen molar-refractivity contribution in [2.75, 3.05) is 20.8 Å². The second kappa shape index (κ2) is 6.05. The van der Waals surface area contributed by atoms with Gasteiger partial charge in [0, 0.05) is 20.8 Å². The Morgan fingerprint density at radius 2 is 2.13 bits per heavy atom. The molecule has 5 heteroatoms. The summed E-state index contributed by atoms with van der Waals surface area (Å²) < 4.78 is 10.2. The molecule has 1 amide bonds. The fourth-order valence-electron chi connectivity index (χ4n) is 1.83. The van der Waals surface area contributed by atoms with Gasteiger partial charge in [0.15, 0.2) is 6.29 Å². The molecule has 0 aromatic heterocycles. The van der Waals surface area contributed by atoms with Gasteiger partial charge in [-0.2, -0.15) is 0 Å². The van der Waals surface area contributed by atoms with Gasteiger partial charge in [-0.3, -0.25) is 10.1 Å². The van der Waals surface area contributed by atoms with E-state index < -0.39 is 0 Å². The highest BCUT2D eigenvalue weighted by molar-refractivity contribution is 5.82. The van der Waals surface area contributed by atoms with E-state index in [0.29, 0.717) is 0 Å². The number of hydrogen-bond donors (Lipinski definition) is 2. The van der Waals surface area contributed by atoms with Crippen molar-refractivity contribution in [3.63, 3.8) is 0 Å². The van der Waals surface area contributed by atoms with Crippen LogP contribution in [0, 0.1) is 0 Å². The molecule has 0 spiro atoms. The fraction of sp³-hybridized carbons (Fsp3) is 0.900. The Kier molecular flexibility index (Phi) is 5.01. The number of carbonyl (C=O) groups excluding carboxylic acids is 1. The number of piperidine rings is 1. The molecule has 1 rings (SSSR count). The third-order valence-electron chi connectivity index (χ3n) is 2.62. The van der Waals surface area contributed by atoms with Gasteiger partial charge in [-0.05, 0) is 19.8 Å². The SMILES string of the molecule is COC(OC)C(C)NC1CCCNC1=O. The van der Waals surface area contributed by atoms with Crippen LogP contribution >= 0.6 is 0 Å². The summed E-state index contributed by atoms with van der Waals surface area (Å²) in [5.74, 6) is 0.0686. The molecule has 88 valence electrons. The van der Waals surface area contributed by atoms with Gasteiger partial charge in [-0.25, -0.2) is 0 Å². The Bertz CT molecular complexity index is 207. The molecule has 1 aliphatic rings. The van der Waals surface area contributed by atoms with Crippen molar-refractivity contribution < 1.29 is 14.3 Å². The minimum atomic E-state index is -0.320. The minimum Gasteiger partial charge on any atom is -0.355 e. The van der Waals surface area contributed by atoms with E-state index in [4.69, 9.17) is 9.47 Å². The second-order valence-corrected chi connectivity index (χ2v) is 3.78. The summed E-state index contributed by atoms with van der Waals surface area (Å²) in [6.07, 6.45) is 1.57. The lowest BCUT2D eigenvalue weighted by atomic mass is 10.1. The first kappa shape index (κ1) is 12.4. The molecule has 1 fully saturated rings. The van der Waals surface area contributed by atoms with Gasteiger partial charge >= 0.3 is 0 Å². The highest BCUT2D eigenvalue weighted by atomic mass is 16.7. The van der Waals surface area contributed by atoms with Gasteiger partial charge in [0.05, 0.1) is 12.1 Å². The molecule has 2 atom stereocenters. The maximum Gasteiger partial charge on any atom is 0.237 e. The van der Waals surface area contributed by atoms with E-state index in [0.717, 1.165) is 19.4 Å². The molecule has 2 unspecified atom stereocenters. The molecule has 0 aromatic rings. The van der Waals surface area contributed by atoms with Gasteiger partial charge in [-0.1, -0.05) is 0 Å². The van der Waals surface area contributed by atoms with Crippen LogP contribution in [-0.2, 0) is 14.3 Å². The van der Waals surface area contributed by atoms with Crippen LogP contribution < -0.4 is 10.6 Å². The van der Waals surface area contributed by atoms with Crippen molar-refractivity contribution in [3.05, 3.63) is 0 Å². The average molecular weight is 216 g/mol. The van der Waals surface area contributed by atoms with Gasteiger partial charge in [-0.15, -0.1) is 0 Å². The topological polar surface area (TPSA) is 59.6 Å². The zero-order chi connectivity index (χ0) is 11.3. The van der Waals surface area contributed by atoms with Crippen LogP contribution in [0.1, 0.15) is 19.8 Å². The third-order valence-corrected chi connectivity index (χ3v) is 2.62. The quantitative estimate of drug-likeness (QED) is 0.628. The monoisotopic (exact) mass is 216 g/mol. The number of hydrogen-bond acceptors (Lipinski definition) is 4. The lowest BCUT2D eigenvalue weighted by Gasteiger charge is -2.29. The first-order valence-corrected chi connectivity index (χ1v) is 5.28. The second-order valence-electron chi connectivity index (χ2n) is 3.78. The van der Waals surface area contributed by atoms with Crippen molar-refractivity contribution in [1.82, 2.24) is 10.6 Å². The molecule has 15 heavy (non-hydrogen) atoms. The van der Waals surface area contributed by atoms with E-state index in [1.54, 1.807) is 14.2 Å². The van der Waals surface area contributed by atoms with E-state index in [1.165, 1.54) is 0 Å². The zero-order valence-electron chi connectivity index (χ0n) is 9.58. The molecule has 1 aliphatic heterocycles. The summed E-state index contributed by atoms with van der Waals surface area (Å²) in [7, 11) is 3.18. The van der Waals surface area contributed by atoms with Crippen molar-refractivity contribution in [3.8, 4) is 0 Å². The molecular formula is C10H20N2O3. The van der Waals surface area contributed by atoms with Crippen LogP contribution in [0.5, 0.6) is 0 Å². The van der Waals surface area contributed by atoms with Crippen molar-refractivity contribution in [2.24, 2.45) is 0 Å². The molecule has 0 aliphatic carbocycles. The third kappa shape index (κ3) is 3.44. The van der Waals surface area contributed by atoms with Crippen molar-refractivity contribution in [2.45, 2.75) is 38.1 Å². The first-order chi connectivity index (χ1) is 7.19. The smallest absolute Gasteiger partial charge is 0.237 e. The lowest BCUT2D eigenvalue weighted by Crippen LogP contribution is -2.54. The minimum absolute atomic E-state index is 0.00569. The molecule has 1 saturated heterocycles. The fourth-order valence-corrected chi connectivity index (χ4v) is 1.83. The van der Waals surface area contributed by atoms with Gasteiger partial charge in [0.25, 0.3) is 0 Å². The van der Waals surface area contributed by atoms with Crippen LogP contribution in [0.15, 0.2) is 0 Å². The van der Waals surface area contributed by atoms with E-state index in [9.17, 15) is 4.79 Å². The van der Waals surface area contributed by atoms with E-state index in [1.807, 2.05) is 6.92 Å². The number of nitrogens with one attached hydrogen (secondary N) is 2. The summed E-state index contributed by atoms with van der Waals surface area (Å²) in [4.78, 5) is 11.5. The highest BCUT2D eigenvalue weighted by Crippen LogP contribution is 2.06. The van der Waals surface area contributed by atoms with E-state index in [2.05, 4.69) is 10.6 Å². The molecule has 1 heterocycles. The largest absolute Gasteiger partial charge is 0.355 e. The normalized spacial score (nSPS) is 24.0. The molecule has 0 aromatic carbocycles. The molecular weight excluding hydrogens is 196 g/mol. The van der Waals surface area contributed by atoms with Crippen LogP contribution in [-0.4, -0.2) is 45.0 Å². The predicted octanol–water partition coefficient (Wildman–Crippen LogP) is -0.138. The Morgan fingerprint density at radius 3 is 2.67 bits per heavy atom. The number of ether oxygens (including phenoxy) is 2. The van der Waals surface area contributed by atoms with E-state index >= 15 is 0 Å². The summed E-state index contributed by atoms with van der Waals surface area (Å²) in [5.41, 5.74) is 0. The number of carbonyl (C=O) groups is 1. The standard InChI is InChI=1S/C10H20N2O3/c1-7(10(14-2)15-3)12-8-5-4-6-11-9(8)13/h7-8,10,12H,4-6H2,1-3H3,(H,11,13). The Hall–Kier alpha value is -0.650. The summed E-state index contributed by atoms with van der Waals surface area (Å²) >= 11 is 0. The lowest BCUT2D eigenvalue weighted by molar-refractivity contribution is -0.131.